The number of benzene rings is 1. The molecule has 18 heavy (non-hydrogen) atoms. The molecule has 1 atom stereocenters. The molecule has 2 aromatic heterocycles. The summed E-state index contributed by atoms with van der Waals surface area (Å²) >= 11 is 5.99. The van der Waals surface area contributed by atoms with Crippen molar-refractivity contribution in [2.24, 2.45) is 0 Å². The number of rotatable bonds is 2. The van der Waals surface area contributed by atoms with Crippen LogP contribution in [-0.4, -0.2) is 14.7 Å². The van der Waals surface area contributed by atoms with Gasteiger partial charge in [-0.25, -0.2) is 4.98 Å². The van der Waals surface area contributed by atoms with Gasteiger partial charge in [-0.3, -0.25) is 0 Å². The molecular weight excluding hydrogens is 273 g/mol. The molecule has 6 heteroatoms. The molecule has 0 saturated carbocycles. The van der Waals surface area contributed by atoms with Crippen LogP contribution in [0.3, 0.4) is 0 Å². The van der Waals surface area contributed by atoms with Gasteiger partial charge in [0.2, 0.25) is 0 Å². The summed E-state index contributed by atoms with van der Waals surface area (Å²) in [6.07, 6.45) is 5.40. The Bertz CT molecular complexity index is 648. The van der Waals surface area contributed by atoms with Crippen LogP contribution in [0.2, 0.25) is 5.02 Å². The number of hydrogen-bond donors (Lipinski definition) is 0. The van der Waals surface area contributed by atoms with E-state index in [0.29, 0.717) is 5.02 Å². The van der Waals surface area contributed by atoms with Gasteiger partial charge in [-0.2, -0.15) is 0 Å². The minimum absolute atomic E-state index is 0. The summed E-state index contributed by atoms with van der Waals surface area (Å²) < 4.78 is 7.25. The summed E-state index contributed by atoms with van der Waals surface area (Å²) in [5, 5.41) is 5.73. The van der Waals surface area contributed by atoms with E-state index in [2.05, 4.69) is 10.1 Å². The van der Waals surface area contributed by atoms with Crippen molar-refractivity contribution in [2.45, 2.75) is 13.0 Å². The fourth-order valence-electron chi connectivity index (χ4n) is 1.87. The standard InChI is InChI=1S/C12H10ClN3O.ClH/c1-8(16-5-4-14-7-16)12-10-6-9(13)2-3-11(10)17-15-12;/h2-8H,1H3;1H. The van der Waals surface area contributed by atoms with E-state index >= 15 is 0 Å². The molecule has 0 fully saturated rings. The van der Waals surface area contributed by atoms with Crippen molar-refractivity contribution in [3.05, 3.63) is 47.6 Å². The van der Waals surface area contributed by atoms with Crippen LogP contribution < -0.4 is 0 Å². The fourth-order valence-corrected chi connectivity index (χ4v) is 2.04. The summed E-state index contributed by atoms with van der Waals surface area (Å²) in [5.41, 5.74) is 1.61. The Labute approximate surface area is 115 Å². The Morgan fingerprint density at radius 3 is 2.94 bits per heavy atom. The Morgan fingerprint density at radius 2 is 2.22 bits per heavy atom. The van der Waals surface area contributed by atoms with Crippen LogP contribution in [0.25, 0.3) is 11.0 Å². The van der Waals surface area contributed by atoms with E-state index in [0.717, 1.165) is 16.7 Å². The monoisotopic (exact) mass is 283 g/mol. The molecular formula is C12H11Cl2N3O. The molecule has 0 aliphatic heterocycles. The molecule has 0 saturated heterocycles. The van der Waals surface area contributed by atoms with E-state index in [1.165, 1.54) is 0 Å². The summed E-state index contributed by atoms with van der Waals surface area (Å²) in [7, 11) is 0. The maximum absolute atomic E-state index is 5.99. The van der Waals surface area contributed by atoms with E-state index < -0.39 is 0 Å². The minimum Gasteiger partial charge on any atom is -0.356 e. The van der Waals surface area contributed by atoms with Gasteiger partial charge >= 0.3 is 0 Å². The van der Waals surface area contributed by atoms with E-state index in [4.69, 9.17) is 16.1 Å². The number of halogens is 2. The molecule has 0 N–H and O–H groups in total. The normalized spacial score (nSPS) is 12.3. The van der Waals surface area contributed by atoms with E-state index in [9.17, 15) is 0 Å². The third kappa shape index (κ3) is 2.09. The molecule has 0 radical (unpaired) electrons. The highest BCUT2D eigenvalue weighted by Crippen LogP contribution is 2.28. The van der Waals surface area contributed by atoms with Crippen molar-refractivity contribution in [3.8, 4) is 0 Å². The second-order valence-electron chi connectivity index (χ2n) is 3.89. The number of nitrogens with zero attached hydrogens (tertiary/aromatic N) is 3. The molecule has 0 aliphatic rings. The van der Waals surface area contributed by atoms with Gasteiger partial charge < -0.3 is 9.09 Å². The fraction of sp³-hybridized carbons (Fsp3) is 0.167. The largest absolute Gasteiger partial charge is 0.356 e. The zero-order valence-electron chi connectivity index (χ0n) is 9.58. The second kappa shape index (κ2) is 5.00. The summed E-state index contributed by atoms with van der Waals surface area (Å²) in [4.78, 5) is 4.03. The van der Waals surface area contributed by atoms with E-state index in [-0.39, 0.29) is 18.4 Å². The Hall–Kier alpha value is -1.52. The first-order chi connectivity index (χ1) is 8.25. The van der Waals surface area contributed by atoms with E-state index in [1.807, 2.05) is 29.8 Å². The third-order valence-electron chi connectivity index (χ3n) is 2.83. The number of aromatic nitrogens is 3. The average Bonchev–Trinajstić information content (AvgIpc) is 2.97. The maximum atomic E-state index is 5.99. The zero-order valence-corrected chi connectivity index (χ0v) is 11.1. The lowest BCUT2D eigenvalue weighted by Crippen LogP contribution is -2.04. The van der Waals surface area contributed by atoms with Crippen molar-refractivity contribution in [2.75, 3.05) is 0 Å². The van der Waals surface area contributed by atoms with Gasteiger partial charge in [0, 0.05) is 22.8 Å². The maximum Gasteiger partial charge on any atom is 0.167 e. The lowest BCUT2D eigenvalue weighted by atomic mass is 10.1. The van der Waals surface area contributed by atoms with Crippen LogP contribution in [0.4, 0.5) is 0 Å². The summed E-state index contributed by atoms with van der Waals surface area (Å²) in [5.74, 6) is 0. The average molecular weight is 284 g/mol. The van der Waals surface area contributed by atoms with Gasteiger partial charge in [0.25, 0.3) is 0 Å². The molecule has 0 spiro atoms. The van der Waals surface area contributed by atoms with Gasteiger partial charge in [0.1, 0.15) is 5.69 Å². The van der Waals surface area contributed by atoms with Gasteiger partial charge in [-0.15, -0.1) is 12.4 Å². The number of fused-ring (bicyclic) bond motifs is 1. The molecule has 1 unspecified atom stereocenters. The van der Waals surface area contributed by atoms with Crippen LogP contribution in [0, 0.1) is 0 Å². The molecule has 1 aromatic carbocycles. The molecule has 94 valence electrons. The smallest absolute Gasteiger partial charge is 0.167 e. The summed E-state index contributed by atoms with van der Waals surface area (Å²) in [6, 6.07) is 5.56. The predicted octanol–water partition coefficient (Wildman–Crippen LogP) is 3.71. The lowest BCUT2D eigenvalue weighted by Gasteiger charge is -2.09. The molecule has 3 rings (SSSR count). The quantitative estimate of drug-likeness (QED) is 0.720. The highest BCUT2D eigenvalue weighted by atomic mass is 35.5. The van der Waals surface area contributed by atoms with Crippen molar-refractivity contribution in [3.63, 3.8) is 0 Å². The first-order valence-corrected chi connectivity index (χ1v) is 5.66. The van der Waals surface area contributed by atoms with Crippen molar-refractivity contribution < 1.29 is 4.52 Å². The number of imidazole rings is 1. The highest BCUT2D eigenvalue weighted by molar-refractivity contribution is 6.31. The Kier molecular flexibility index (Phi) is 3.59. The molecule has 0 amide bonds. The van der Waals surface area contributed by atoms with Crippen LogP contribution in [0.5, 0.6) is 0 Å². The second-order valence-corrected chi connectivity index (χ2v) is 4.33. The lowest BCUT2D eigenvalue weighted by molar-refractivity contribution is 0.432. The zero-order chi connectivity index (χ0) is 11.8. The van der Waals surface area contributed by atoms with Crippen LogP contribution >= 0.6 is 24.0 Å². The Balaban J connectivity index is 0.00000120. The molecule has 4 nitrogen and oxygen atoms in total. The number of hydrogen-bond acceptors (Lipinski definition) is 3. The topological polar surface area (TPSA) is 43.9 Å². The Morgan fingerprint density at radius 1 is 1.39 bits per heavy atom. The van der Waals surface area contributed by atoms with Gasteiger partial charge in [0.05, 0.1) is 12.4 Å². The van der Waals surface area contributed by atoms with Crippen LogP contribution in [0.1, 0.15) is 18.7 Å². The highest BCUT2D eigenvalue weighted by Gasteiger charge is 2.16. The van der Waals surface area contributed by atoms with Gasteiger partial charge in [-0.05, 0) is 25.1 Å². The van der Waals surface area contributed by atoms with Crippen molar-refractivity contribution in [1.82, 2.24) is 14.7 Å². The SMILES string of the molecule is CC(c1noc2ccc(Cl)cc12)n1ccnc1.Cl. The van der Waals surface area contributed by atoms with Gasteiger partial charge in [-0.1, -0.05) is 16.8 Å². The summed E-state index contributed by atoms with van der Waals surface area (Å²) in [6.45, 7) is 2.04. The first kappa shape index (κ1) is 12.9. The minimum atomic E-state index is 0. The van der Waals surface area contributed by atoms with E-state index in [1.54, 1.807) is 18.6 Å². The van der Waals surface area contributed by atoms with Crippen molar-refractivity contribution in [1.29, 1.82) is 0 Å². The van der Waals surface area contributed by atoms with Gasteiger partial charge in [0.15, 0.2) is 5.58 Å². The molecule has 3 aromatic rings. The third-order valence-corrected chi connectivity index (χ3v) is 3.06. The first-order valence-electron chi connectivity index (χ1n) is 5.28. The predicted molar refractivity (Wildman–Crippen MR) is 72.3 cm³/mol. The van der Waals surface area contributed by atoms with Crippen molar-refractivity contribution >= 4 is 35.0 Å². The molecule has 0 aliphatic carbocycles. The molecule has 2 heterocycles. The van der Waals surface area contributed by atoms with Crippen LogP contribution in [0.15, 0.2) is 41.4 Å². The molecule has 0 bridgehead atoms. The van der Waals surface area contributed by atoms with Crippen LogP contribution in [-0.2, 0) is 0 Å².